The van der Waals surface area contributed by atoms with E-state index < -0.39 is 0 Å². The van der Waals surface area contributed by atoms with Gasteiger partial charge >= 0.3 is 0 Å². The lowest BCUT2D eigenvalue weighted by atomic mass is 10.2. The topological polar surface area (TPSA) is 59.8 Å². The molecule has 0 saturated heterocycles. The Labute approximate surface area is 138 Å². The molecule has 0 atom stereocenters. The van der Waals surface area contributed by atoms with Crippen molar-refractivity contribution in [2.75, 3.05) is 5.32 Å². The van der Waals surface area contributed by atoms with Gasteiger partial charge in [-0.25, -0.2) is 9.67 Å². The van der Waals surface area contributed by atoms with E-state index >= 15 is 0 Å². The lowest BCUT2D eigenvalue weighted by molar-refractivity contribution is 0.102. The number of anilines is 1. The second kappa shape index (κ2) is 6.62. The molecule has 3 rings (SSSR count). The van der Waals surface area contributed by atoms with Crippen molar-refractivity contribution in [3.8, 4) is 0 Å². The molecule has 116 valence electrons. The number of hydrogen-bond donors (Lipinski definition) is 1. The van der Waals surface area contributed by atoms with Gasteiger partial charge in [0.05, 0.1) is 12.7 Å². The van der Waals surface area contributed by atoms with Gasteiger partial charge in [0, 0.05) is 16.8 Å². The molecule has 0 spiro atoms. The molecule has 0 aliphatic rings. The third kappa shape index (κ3) is 3.76. The fraction of sp³-hybridized carbons (Fsp3) is 0.118. The van der Waals surface area contributed by atoms with Crippen molar-refractivity contribution in [2.45, 2.75) is 13.5 Å². The Hall–Kier alpha value is -2.66. The van der Waals surface area contributed by atoms with E-state index in [4.69, 9.17) is 11.6 Å². The summed E-state index contributed by atoms with van der Waals surface area (Å²) in [5.74, 6) is 0.361. The fourth-order valence-electron chi connectivity index (χ4n) is 2.18. The number of aromatic nitrogens is 3. The van der Waals surface area contributed by atoms with Crippen LogP contribution in [-0.2, 0) is 6.54 Å². The largest absolute Gasteiger partial charge is 0.305 e. The van der Waals surface area contributed by atoms with Crippen LogP contribution in [0.4, 0.5) is 5.82 Å². The zero-order chi connectivity index (χ0) is 16.2. The highest BCUT2D eigenvalue weighted by atomic mass is 35.5. The number of benzene rings is 1. The van der Waals surface area contributed by atoms with Crippen LogP contribution in [0.1, 0.15) is 21.7 Å². The molecule has 3 aromatic rings. The van der Waals surface area contributed by atoms with Gasteiger partial charge in [0.1, 0.15) is 11.5 Å². The van der Waals surface area contributed by atoms with E-state index in [9.17, 15) is 4.79 Å². The van der Waals surface area contributed by atoms with Gasteiger partial charge in [0.15, 0.2) is 0 Å². The molecule has 6 heteroatoms. The van der Waals surface area contributed by atoms with Crippen LogP contribution in [0.15, 0.2) is 54.7 Å². The van der Waals surface area contributed by atoms with Crippen LogP contribution < -0.4 is 5.32 Å². The summed E-state index contributed by atoms with van der Waals surface area (Å²) in [6.07, 6.45) is 1.65. The second-order valence-corrected chi connectivity index (χ2v) is 5.56. The maximum absolute atomic E-state index is 12.3. The van der Waals surface area contributed by atoms with Crippen molar-refractivity contribution in [1.29, 1.82) is 0 Å². The van der Waals surface area contributed by atoms with Crippen molar-refractivity contribution in [1.82, 2.24) is 14.8 Å². The van der Waals surface area contributed by atoms with Crippen molar-refractivity contribution in [2.24, 2.45) is 0 Å². The standard InChI is InChI=1S/C17H15ClN4O/c1-12-3-2-4-15(20-12)17(23)21-16-9-10-19-22(16)11-13-5-7-14(18)8-6-13/h2-10H,11H2,1H3,(H,21,23). The molecule has 2 heterocycles. The summed E-state index contributed by atoms with van der Waals surface area (Å²) in [4.78, 5) is 16.5. The summed E-state index contributed by atoms with van der Waals surface area (Å²) in [6, 6.07) is 14.6. The fourth-order valence-corrected chi connectivity index (χ4v) is 2.30. The third-order valence-electron chi connectivity index (χ3n) is 3.32. The summed E-state index contributed by atoms with van der Waals surface area (Å²) in [5, 5.41) is 7.77. The summed E-state index contributed by atoms with van der Waals surface area (Å²) in [7, 11) is 0. The predicted octanol–water partition coefficient (Wildman–Crippen LogP) is 3.54. The Morgan fingerprint density at radius 3 is 2.70 bits per heavy atom. The van der Waals surface area contributed by atoms with Crippen molar-refractivity contribution >= 4 is 23.3 Å². The number of carbonyl (C=O) groups excluding carboxylic acids is 1. The molecule has 0 bridgehead atoms. The number of nitrogens with one attached hydrogen (secondary N) is 1. The maximum Gasteiger partial charge on any atom is 0.275 e. The van der Waals surface area contributed by atoms with Gasteiger partial charge in [0.25, 0.3) is 5.91 Å². The minimum absolute atomic E-state index is 0.258. The predicted molar refractivity (Wildman–Crippen MR) is 89.7 cm³/mol. The van der Waals surface area contributed by atoms with Crippen LogP contribution >= 0.6 is 11.6 Å². The summed E-state index contributed by atoms with van der Waals surface area (Å²) < 4.78 is 1.72. The first-order chi connectivity index (χ1) is 11.1. The number of amides is 1. The van der Waals surface area contributed by atoms with Crippen LogP contribution in [0.5, 0.6) is 0 Å². The zero-order valence-electron chi connectivity index (χ0n) is 12.5. The molecule has 2 aromatic heterocycles. The molecule has 1 N–H and O–H groups in total. The number of nitrogens with zero attached hydrogens (tertiary/aromatic N) is 3. The zero-order valence-corrected chi connectivity index (χ0v) is 13.3. The van der Waals surface area contributed by atoms with Gasteiger partial charge in [-0.05, 0) is 36.8 Å². The summed E-state index contributed by atoms with van der Waals surface area (Å²) in [5.41, 5.74) is 2.22. The molecule has 23 heavy (non-hydrogen) atoms. The SMILES string of the molecule is Cc1cccc(C(=O)Nc2ccnn2Cc2ccc(Cl)cc2)n1. The average Bonchev–Trinajstić information content (AvgIpc) is 2.96. The van der Waals surface area contributed by atoms with E-state index in [1.807, 2.05) is 43.3 Å². The number of rotatable bonds is 4. The summed E-state index contributed by atoms with van der Waals surface area (Å²) >= 11 is 5.89. The molecule has 0 saturated carbocycles. The number of aryl methyl sites for hydroxylation is 1. The molecule has 0 radical (unpaired) electrons. The third-order valence-corrected chi connectivity index (χ3v) is 3.58. The van der Waals surface area contributed by atoms with E-state index in [1.165, 1.54) is 0 Å². The Morgan fingerprint density at radius 1 is 1.17 bits per heavy atom. The van der Waals surface area contributed by atoms with E-state index in [0.29, 0.717) is 23.1 Å². The Morgan fingerprint density at radius 2 is 1.96 bits per heavy atom. The molecule has 0 aliphatic carbocycles. The highest BCUT2D eigenvalue weighted by Crippen LogP contribution is 2.14. The number of halogens is 1. The minimum Gasteiger partial charge on any atom is -0.305 e. The van der Waals surface area contributed by atoms with E-state index in [2.05, 4.69) is 15.4 Å². The second-order valence-electron chi connectivity index (χ2n) is 5.12. The lowest BCUT2D eigenvalue weighted by Gasteiger charge is -2.09. The quantitative estimate of drug-likeness (QED) is 0.797. The Kier molecular flexibility index (Phi) is 4.39. The summed E-state index contributed by atoms with van der Waals surface area (Å²) in [6.45, 7) is 2.39. The maximum atomic E-state index is 12.3. The highest BCUT2D eigenvalue weighted by molar-refractivity contribution is 6.30. The Balaban J connectivity index is 1.75. The van der Waals surface area contributed by atoms with Crippen molar-refractivity contribution in [3.63, 3.8) is 0 Å². The molecule has 0 unspecified atom stereocenters. The number of pyridine rings is 1. The van der Waals surface area contributed by atoms with Gasteiger partial charge in [-0.1, -0.05) is 29.8 Å². The van der Waals surface area contributed by atoms with Crippen LogP contribution in [0, 0.1) is 6.92 Å². The van der Waals surface area contributed by atoms with Crippen LogP contribution in [-0.4, -0.2) is 20.7 Å². The van der Waals surface area contributed by atoms with E-state index in [0.717, 1.165) is 11.3 Å². The van der Waals surface area contributed by atoms with Gasteiger partial charge in [0.2, 0.25) is 0 Å². The molecule has 1 aromatic carbocycles. The van der Waals surface area contributed by atoms with Gasteiger partial charge in [-0.2, -0.15) is 5.10 Å². The van der Waals surface area contributed by atoms with E-state index in [1.54, 1.807) is 23.0 Å². The number of hydrogen-bond acceptors (Lipinski definition) is 3. The monoisotopic (exact) mass is 326 g/mol. The Bertz CT molecular complexity index is 827. The average molecular weight is 327 g/mol. The first-order valence-electron chi connectivity index (χ1n) is 7.13. The normalized spacial score (nSPS) is 10.5. The van der Waals surface area contributed by atoms with E-state index in [-0.39, 0.29) is 5.91 Å². The van der Waals surface area contributed by atoms with Gasteiger partial charge < -0.3 is 5.32 Å². The first-order valence-corrected chi connectivity index (χ1v) is 7.51. The minimum atomic E-state index is -0.258. The van der Waals surface area contributed by atoms with Crippen molar-refractivity contribution in [3.05, 3.63) is 76.7 Å². The van der Waals surface area contributed by atoms with Gasteiger partial charge in [-0.3, -0.25) is 4.79 Å². The highest BCUT2D eigenvalue weighted by Gasteiger charge is 2.11. The lowest BCUT2D eigenvalue weighted by Crippen LogP contribution is -2.17. The first kappa shape index (κ1) is 15.2. The molecule has 0 aliphatic heterocycles. The molecule has 0 fully saturated rings. The molecular weight excluding hydrogens is 312 g/mol. The van der Waals surface area contributed by atoms with Crippen LogP contribution in [0.2, 0.25) is 5.02 Å². The molecule has 1 amide bonds. The molecule has 5 nitrogen and oxygen atoms in total. The molecular formula is C17H15ClN4O. The van der Waals surface area contributed by atoms with Crippen LogP contribution in [0.25, 0.3) is 0 Å². The smallest absolute Gasteiger partial charge is 0.275 e. The van der Waals surface area contributed by atoms with Crippen molar-refractivity contribution < 1.29 is 4.79 Å². The number of carbonyl (C=O) groups is 1. The van der Waals surface area contributed by atoms with Crippen LogP contribution in [0.3, 0.4) is 0 Å². The van der Waals surface area contributed by atoms with Gasteiger partial charge in [-0.15, -0.1) is 0 Å².